The molecule has 0 saturated heterocycles. The molecule has 18 heavy (non-hydrogen) atoms. The largest absolute Gasteiger partial charge is 2.00 e. The fourth-order valence-electron chi connectivity index (χ4n) is 1.26. The minimum Gasteiger partial charge on any atom is -0.693 e. The number of nitrogens with zero attached hydrogens (tertiary/aromatic N) is 1. The van der Waals surface area contributed by atoms with Crippen molar-refractivity contribution in [3.05, 3.63) is 47.2 Å². The summed E-state index contributed by atoms with van der Waals surface area (Å²) in [6.45, 7) is 0. The van der Waals surface area contributed by atoms with Gasteiger partial charge in [-0.1, -0.05) is 0 Å². The molecular weight excluding hydrogens is 447 g/mol. The molecule has 1 aliphatic rings. The Kier molecular flexibility index (Phi) is 5.40. The van der Waals surface area contributed by atoms with Crippen LogP contribution in [0.5, 0.6) is 0 Å². The monoisotopic (exact) mass is 452 g/mol. The molecule has 0 radical (unpaired) electrons. The van der Waals surface area contributed by atoms with E-state index in [0.29, 0.717) is 12.1 Å². The first-order chi connectivity index (χ1) is 7.32. The van der Waals surface area contributed by atoms with Gasteiger partial charge in [-0.3, -0.25) is 0 Å². The summed E-state index contributed by atoms with van der Waals surface area (Å²) in [4.78, 5) is 0. The average molecular weight is 452 g/mol. The SMILES string of the molecule is Fc1ccc(C(F)(F)F)c(F)c1C1=CN1[S-].[NH2-].[W+2]. The Morgan fingerprint density at radius 1 is 1.11 bits per heavy atom. The van der Waals surface area contributed by atoms with Crippen LogP contribution in [0.3, 0.4) is 0 Å². The molecule has 0 atom stereocenters. The fraction of sp³-hybridized carbons (Fsp3) is 0.111. The number of hydrogen-bond donors (Lipinski definition) is 0. The third kappa shape index (κ3) is 3.05. The summed E-state index contributed by atoms with van der Waals surface area (Å²) in [7, 11) is 0. The second-order valence-electron chi connectivity index (χ2n) is 3.12. The second-order valence-corrected chi connectivity index (χ2v) is 3.52. The van der Waals surface area contributed by atoms with Gasteiger partial charge < -0.3 is 23.3 Å². The van der Waals surface area contributed by atoms with Gasteiger partial charge in [-0.05, 0) is 12.1 Å². The van der Waals surface area contributed by atoms with Crippen molar-refractivity contribution < 1.29 is 43.0 Å². The molecule has 1 aromatic rings. The van der Waals surface area contributed by atoms with Crippen molar-refractivity contribution in [1.82, 2.24) is 4.31 Å². The molecule has 0 fully saturated rings. The van der Waals surface area contributed by atoms with Crippen LogP contribution in [0.25, 0.3) is 11.8 Å². The Balaban J connectivity index is 0.00000144. The minimum absolute atomic E-state index is 0. The molecule has 1 aliphatic heterocycles. The normalized spacial score (nSPS) is 13.4. The predicted octanol–water partition coefficient (Wildman–Crippen LogP) is 3.77. The molecule has 2 N–H and O–H groups in total. The van der Waals surface area contributed by atoms with Crippen LogP contribution >= 0.6 is 0 Å². The van der Waals surface area contributed by atoms with E-state index in [1.54, 1.807) is 0 Å². The van der Waals surface area contributed by atoms with Crippen molar-refractivity contribution in [3.63, 3.8) is 0 Å². The van der Waals surface area contributed by atoms with E-state index in [4.69, 9.17) is 0 Å². The molecule has 0 aromatic heterocycles. The molecule has 1 heterocycles. The van der Waals surface area contributed by atoms with Gasteiger partial charge in [0.2, 0.25) is 0 Å². The van der Waals surface area contributed by atoms with Crippen molar-refractivity contribution in [2.24, 2.45) is 0 Å². The molecule has 0 unspecified atom stereocenters. The summed E-state index contributed by atoms with van der Waals surface area (Å²) in [6.07, 6.45) is -3.69. The zero-order valence-corrected chi connectivity index (χ0v) is 12.2. The number of alkyl halides is 3. The third-order valence-electron chi connectivity index (χ3n) is 2.06. The summed E-state index contributed by atoms with van der Waals surface area (Å²) in [6, 6.07) is 0.939. The van der Waals surface area contributed by atoms with Crippen LogP contribution < -0.4 is 0 Å². The molecule has 0 spiro atoms. The second kappa shape index (κ2) is 5.59. The van der Waals surface area contributed by atoms with Crippen molar-refractivity contribution in [1.29, 1.82) is 0 Å². The van der Waals surface area contributed by atoms with E-state index >= 15 is 0 Å². The number of hydrogen-bond acceptors (Lipinski definition) is 2. The maximum absolute atomic E-state index is 13.4. The van der Waals surface area contributed by atoms with E-state index in [2.05, 4.69) is 12.8 Å². The van der Waals surface area contributed by atoms with Gasteiger partial charge in [0.1, 0.15) is 11.6 Å². The molecule has 98 valence electrons. The van der Waals surface area contributed by atoms with Gasteiger partial charge in [-0.2, -0.15) is 13.2 Å². The van der Waals surface area contributed by atoms with Crippen molar-refractivity contribution in [2.45, 2.75) is 6.18 Å². The Morgan fingerprint density at radius 3 is 2.00 bits per heavy atom. The van der Waals surface area contributed by atoms with E-state index in [9.17, 15) is 22.0 Å². The maximum Gasteiger partial charge on any atom is 2.00 e. The molecule has 0 saturated carbocycles. The molecule has 9 heteroatoms. The van der Waals surface area contributed by atoms with E-state index in [1.807, 2.05) is 0 Å². The minimum atomic E-state index is -4.85. The zero-order valence-electron chi connectivity index (χ0n) is 8.46. The van der Waals surface area contributed by atoms with Crippen LogP contribution in [0.2, 0.25) is 0 Å². The summed E-state index contributed by atoms with van der Waals surface area (Å²) >= 11 is 4.52. The van der Waals surface area contributed by atoms with Gasteiger partial charge in [0.15, 0.2) is 0 Å². The first-order valence-corrected chi connectivity index (χ1v) is 4.42. The topological polar surface area (TPSA) is 36.5 Å². The van der Waals surface area contributed by atoms with Gasteiger partial charge in [0.25, 0.3) is 0 Å². The number of rotatable bonds is 1. The van der Waals surface area contributed by atoms with Crippen molar-refractivity contribution in [3.8, 4) is 0 Å². The summed E-state index contributed by atoms with van der Waals surface area (Å²) in [5.41, 5.74) is -2.29. The Bertz CT molecular complexity index is 489. The Morgan fingerprint density at radius 2 is 1.61 bits per heavy atom. The third-order valence-corrected chi connectivity index (χ3v) is 2.36. The molecule has 0 amide bonds. The standard InChI is InChI=1S/C9H3F5NS.H2N.W/c10-5-2-1-4(9(12,13)14)8(11)7(5)6-3-15(6)16;;/h1-3H;1H2;/q2*-1;+2. The van der Waals surface area contributed by atoms with Crippen molar-refractivity contribution in [2.75, 3.05) is 0 Å². The average Bonchev–Trinajstić information content (AvgIpc) is 2.80. The Labute approximate surface area is 119 Å². The van der Waals surface area contributed by atoms with Crippen LogP contribution in [0, 0.1) is 11.6 Å². The van der Waals surface area contributed by atoms with Crippen LogP contribution in [-0.2, 0) is 40.1 Å². The zero-order chi connectivity index (χ0) is 12.1. The van der Waals surface area contributed by atoms with Gasteiger partial charge in [0, 0.05) is 11.9 Å². The van der Waals surface area contributed by atoms with Crippen LogP contribution in [0.1, 0.15) is 11.1 Å². The molecule has 0 bridgehead atoms. The van der Waals surface area contributed by atoms with Gasteiger partial charge in [-0.15, -0.1) is 0 Å². The van der Waals surface area contributed by atoms with Crippen LogP contribution in [0.15, 0.2) is 18.3 Å². The van der Waals surface area contributed by atoms with Gasteiger partial charge in [-0.25, -0.2) is 8.78 Å². The summed E-state index contributed by atoms with van der Waals surface area (Å²) < 4.78 is 64.5. The smallest absolute Gasteiger partial charge is 0.693 e. The first-order valence-electron chi connectivity index (χ1n) is 4.06. The van der Waals surface area contributed by atoms with E-state index in [-0.39, 0.29) is 32.9 Å². The predicted molar refractivity (Wildman–Crippen MR) is 53.8 cm³/mol. The molecule has 0 aliphatic carbocycles. The fourth-order valence-corrected chi connectivity index (χ4v) is 1.45. The number of benzene rings is 1. The molecule has 1 aromatic carbocycles. The molecule has 2 nitrogen and oxygen atoms in total. The Hall–Kier alpha value is -0.592. The van der Waals surface area contributed by atoms with Gasteiger partial charge in [0.05, 0.1) is 11.1 Å². The summed E-state index contributed by atoms with van der Waals surface area (Å²) in [5.74, 6) is -2.70. The van der Waals surface area contributed by atoms with Crippen molar-refractivity contribution >= 4 is 18.5 Å². The molecule has 2 rings (SSSR count). The summed E-state index contributed by atoms with van der Waals surface area (Å²) in [5, 5.41) is 0. The first kappa shape index (κ1) is 17.4. The maximum atomic E-state index is 13.4. The van der Waals surface area contributed by atoms with Gasteiger partial charge >= 0.3 is 27.2 Å². The van der Waals surface area contributed by atoms with E-state index in [0.717, 1.165) is 10.5 Å². The van der Waals surface area contributed by atoms with Crippen LogP contribution in [-0.4, -0.2) is 4.31 Å². The number of halogens is 5. The number of nitrogens with two attached hydrogens (primary N) is 1. The molecular formula is C9H5F5N2SW. The van der Waals surface area contributed by atoms with E-state index in [1.165, 1.54) is 0 Å². The van der Waals surface area contributed by atoms with Crippen LogP contribution in [0.4, 0.5) is 22.0 Å². The van der Waals surface area contributed by atoms with E-state index < -0.39 is 28.9 Å². The quantitative estimate of drug-likeness (QED) is 0.481.